The molecule has 1 aromatic carbocycles. The predicted octanol–water partition coefficient (Wildman–Crippen LogP) is 2.68. The third-order valence-electron chi connectivity index (χ3n) is 2.52. The van der Waals surface area contributed by atoms with Crippen molar-refractivity contribution >= 4 is 12.4 Å². The molecule has 1 rings (SSSR count). The van der Waals surface area contributed by atoms with Gasteiger partial charge in [-0.25, -0.2) is 4.39 Å². The molecule has 2 nitrogen and oxygen atoms in total. The number of unbranched alkanes of at least 4 members (excludes halogenated alkanes) is 1. The Labute approximate surface area is 103 Å². The zero-order valence-electron chi connectivity index (χ0n) is 9.58. The monoisotopic (exact) mass is 246 g/mol. The summed E-state index contributed by atoms with van der Waals surface area (Å²) in [6, 6.07) is 4.85. The molecule has 1 aromatic rings. The molecule has 0 bridgehead atoms. The molecule has 0 aliphatic heterocycles. The molecule has 0 unspecified atom stereocenters. The van der Waals surface area contributed by atoms with Crippen LogP contribution >= 0.6 is 12.4 Å². The lowest BCUT2D eigenvalue weighted by Gasteiger charge is -2.13. The highest BCUT2D eigenvalue weighted by Crippen LogP contribution is 2.20. The van der Waals surface area contributed by atoms with Crippen molar-refractivity contribution in [3.8, 4) is 0 Å². The first-order chi connectivity index (χ1) is 7.15. The van der Waals surface area contributed by atoms with Crippen LogP contribution in [0.15, 0.2) is 18.2 Å². The summed E-state index contributed by atoms with van der Waals surface area (Å²) in [4.78, 5) is 0. The standard InChI is InChI=1S/C12H19FN2.ClH/c1-9-5-6-11(13)10(8-9)12(15)4-2-3-7-14;/h5-6,8,12H,2-4,7,14-15H2,1H3;1H/t12-;/m0./s1. The Morgan fingerprint density at radius 2 is 2.00 bits per heavy atom. The Hall–Kier alpha value is -0.640. The lowest BCUT2D eigenvalue weighted by Crippen LogP contribution is -2.13. The van der Waals surface area contributed by atoms with E-state index in [1.54, 1.807) is 6.07 Å². The summed E-state index contributed by atoms with van der Waals surface area (Å²) >= 11 is 0. The van der Waals surface area contributed by atoms with Crippen LogP contribution in [0.5, 0.6) is 0 Å². The number of aryl methyl sites for hydroxylation is 1. The van der Waals surface area contributed by atoms with Crippen molar-refractivity contribution in [2.75, 3.05) is 6.54 Å². The highest BCUT2D eigenvalue weighted by atomic mass is 35.5. The van der Waals surface area contributed by atoms with Gasteiger partial charge in [-0.1, -0.05) is 24.1 Å². The molecule has 0 aliphatic carbocycles. The first kappa shape index (κ1) is 15.4. The molecular formula is C12H20ClFN2. The molecule has 0 aliphatic rings. The largest absolute Gasteiger partial charge is 0.330 e. The summed E-state index contributed by atoms with van der Waals surface area (Å²) in [5, 5.41) is 0. The minimum absolute atomic E-state index is 0. The lowest BCUT2D eigenvalue weighted by molar-refractivity contribution is 0.542. The lowest BCUT2D eigenvalue weighted by atomic mass is 9.99. The Bertz CT molecular complexity index is 318. The second-order valence-corrected chi connectivity index (χ2v) is 3.92. The van der Waals surface area contributed by atoms with Crippen LogP contribution in [-0.4, -0.2) is 6.54 Å². The van der Waals surface area contributed by atoms with Gasteiger partial charge in [0.2, 0.25) is 0 Å². The van der Waals surface area contributed by atoms with Crippen molar-refractivity contribution in [2.24, 2.45) is 11.5 Å². The predicted molar refractivity (Wildman–Crippen MR) is 68.2 cm³/mol. The van der Waals surface area contributed by atoms with E-state index in [0.29, 0.717) is 12.1 Å². The Balaban J connectivity index is 0.00000225. The molecule has 0 fully saturated rings. The van der Waals surface area contributed by atoms with E-state index in [4.69, 9.17) is 11.5 Å². The SMILES string of the molecule is Cc1ccc(F)c([C@@H](N)CCCCN)c1.Cl. The third kappa shape index (κ3) is 4.47. The number of benzene rings is 1. The smallest absolute Gasteiger partial charge is 0.127 e. The van der Waals surface area contributed by atoms with Crippen molar-refractivity contribution < 1.29 is 4.39 Å². The van der Waals surface area contributed by atoms with Crippen LogP contribution in [0, 0.1) is 12.7 Å². The molecule has 0 aromatic heterocycles. The van der Waals surface area contributed by atoms with Crippen LogP contribution < -0.4 is 11.5 Å². The van der Waals surface area contributed by atoms with Crippen molar-refractivity contribution in [1.29, 1.82) is 0 Å². The van der Waals surface area contributed by atoms with Gasteiger partial charge in [-0.05, 0) is 32.4 Å². The van der Waals surface area contributed by atoms with Gasteiger partial charge < -0.3 is 11.5 Å². The van der Waals surface area contributed by atoms with Gasteiger partial charge in [-0.3, -0.25) is 0 Å². The number of hydrogen-bond donors (Lipinski definition) is 2. The van der Waals surface area contributed by atoms with Gasteiger partial charge in [0.25, 0.3) is 0 Å². The van der Waals surface area contributed by atoms with E-state index in [0.717, 1.165) is 24.8 Å². The zero-order valence-corrected chi connectivity index (χ0v) is 10.4. The molecule has 16 heavy (non-hydrogen) atoms. The molecule has 4 N–H and O–H groups in total. The minimum atomic E-state index is -0.212. The first-order valence-electron chi connectivity index (χ1n) is 5.37. The van der Waals surface area contributed by atoms with E-state index in [1.165, 1.54) is 6.07 Å². The number of halogens is 2. The summed E-state index contributed by atoms with van der Waals surface area (Å²) in [5.41, 5.74) is 13.0. The molecule has 0 spiro atoms. The van der Waals surface area contributed by atoms with Crippen LogP contribution in [0.3, 0.4) is 0 Å². The first-order valence-corrected chi connectivity index (χ1v) is 5.37. The van der Waals surface area contributed by atoms with Gasteiger partial charge in [0.05, 0.1) is 0 Å². The van der Waals surface area contributed by atoms with Crippen molar-refractivity contribution in [1.82, 2.24) is 0 Å². The number of hydrogen-bond acceptors (Lipinski definition) is 2. The van der Waals surface area contributed by atoms with Crippen molar-refractivity contribution in [3.05, 3.63) is 35.1 Å². The average molecular weight is 247 g/mol. The van der Waals surface area contributed by atoms with Crippen LogP contribution in [-0.2, 0) is 0 Å². The molecule has 0 heterocycles. The second-order valence-electron chi connectivity index (χ2n) is 3.92. The maximum Gasteiger partial charge on any atom is 0.127 e. The van der Waals surface area contributed by atoms with Crippen LogP contribution in [0.2, 0.25) is 0 Å². The Kier molecular flexibility index (Phi) is 7.30. The van der Waals surface area contributed by atoms with Gasteiger partial charge in [0.1, 0.15) is 5.82 Å². The zero-order chi connectivity index (χ0) is 11.3. The van der Waals surface area contributed by atoms with Crippen LogP contribution in [0.1, 0.15) is 36.4 Å². The molecular weight excluding hydrogens is 227 g/mol. The summed E-state index contributed by atoms with van der Waals surface area (Å²) in [6.45, 7) is 2.61. The third-order valence-corrected chi connectivity index (χ3v) is 2.52. The highest BCUT2D eigenvalue weighted by Gasteiger charge is 2.10. The number of nitrogens with two attached hydrogens (primary N) is 2. The van der Waals surface area contributed by atoms with E-state index < -0.39 is 0 Å². The van der Waals surface area contributed by atoms with Gasteiger partial charge >= 0.3 is 0 Å². The van der Waals surface area contributed by atoms with E-state index in [-0.39, 0.29) is 24.3 Å². The average Bonchev–Trinajstić information content (AvgIpc) is 2.22. The van der Waals surface area contributed by atoms with E-state index >= 15 is 0 Å². The summed E-state index contributed by atoms with van der Waals surface area (Å²) in [6.07, 6.45) is 2.68. The fourth-order valence-electron chi connectivity index (χ4n) is 1.61. The van der Waals surface area contributed by atoms with Crippen molar-refractivity contribution in [3.63, 3.8) is 0 Å². The van der Waals surface area contributed by atoms with Crippen LogP contribution in [0.4, 0.5) is 4.39 Å². The molecule has 0 amide bonds. The Morgan fingerprint density at radius 1 is 1.31 bits per heavy atom. The van der Waals surface area contributed by atoms with E-state index in [1.807, 2.05) is 13.0 Å². The molecule has 0 saturated heterocycles. The quantitative estimate of drug-likeness (QED) is 0.785. The van der Waals surface area contributed by atoms with E-state index in [2.05, 4.69) is 0 Å². The second kappa shape index (κ2) is 7.60. The summed E-state index contributed by atoms with van der Waals surface area (Å²) in [7, 11) is 0. The Morgan fingerprint density at radius 3 is 2.62 bits per heavy atom. The summed E-state index contributed by atoms with van der Waals surface area (Å²) in [5.74, 6) is -0.208. The van der Waals surface area contributed by atoms with E-state index in [9.17, 15) is 4.39 Å². The topological polar surface area (TPSA) is 52.0 Å². The fourth-order valence-corrected chi connectivity index (χ4v) is 1.61. The van der Waals surface area contributed by atoms with Crippen LogP contribution in [0.25, 0.3) is 0 Å². The molecule has 0 saturated carbocycles. The van der Waals surface area contributed by atoms with Gasteiger partial charge in [0, 0.05) is 11.6 Å². The van der Waals surface area contributed by atoms with Crippen molar-refractivity contribution in [2.45, 2.75) is 32.2 Å². The van der Waals surface area contributed by atoms with Gasteiger partial charge in [-0.15, -0.1) is 12.4 Å². The molecule has 92 valence electrons. The molecule has 4 heteroatoms. The molecule has 1 atom stereocenters. The minimum Gasteiger partial charge on any atom is -0.330 e. The maximum atomic E-state index is 13.4. The van der Waals surface area contributed by atoms with Gasteiger partial charge in [-0.2, -0.15) is 0 Å². The fraction of sp³-hybridized carbons (Fsp3) is 0.500. The highest BCUT2D eigenvalue weighted by molar-refractivity contribution is 5.85. The normalized spacial score (nSPS) is 12.0. The maximum absolute atomic E-state index is 13.4. The number of rotatable bonds is 5. The summed E-state index contributed by atoms with van der Waals surface area (Å²) < 4.78 is 13.4. The molecule has 0 radical (unpaired) electrons. The van der Waals surface area contributed by atoms with Gasteiger partial charge in [0.15, 0.2) is 0 Å².